The van der Waals surface area contributed by atoms with Gasteiger partial charge in [-0.15, -0.1) is 0 Å². The molecule has 25 heavy (non-hydrogen) atoms. The molecule has 2 aromatic rings. The maximum atomic E-state index is 12.2. The van der Waals surface area contributed by atoms with Crippen molar-refractivity contribution in [2.24, 2.45) is 0 Å². The van der Waals surface area contributed by atoms with Crippen molar-refractivity contribution in [3.05, 3.63) is 70.7 Å². The maximum absolute atomic E-state index is 12.2. The van der Waals surface area contributed by atoms with Gasteiger partial charge < -0.3 is 10.6 Å². The van der Waals surface area contributed by atoms with Crippen molar-refractivity contribution in [2.45, 2.75) is 32.4 Å². The molecule has 0 aliphatic rings. The van der Waals surface area contributed by atoms with E-state index in [4.69, 9.17) is 11.6 Å². The number of nitrogens with two attached hydrogens (primary N) is 1. The Balaban J connectivity index is 1.87. The molecule has 0 heterocycles. The van der Waals surface area contributed by atoms with Gasteiger partial charge in [0.1, 0.15) is 6.04 Å². The van der Waals surface area contributed by atoms with Gasteiger partial charge in [0.2, 0.25) is 0 Å². The predicted molar refractivity (Wildman–Crippen MR) is 99.4 cm³/mol. The van der Waals surface area contributed by atoms with Gasteiger partial charge in [0.05, 0.1) is 6.04 Å². The van der Waals surface area contributed by atoms with E-state index in [1.165, 1.54) is 6.92 Å². The van der Waals surface area contributed by atoms with E-state index in [1.54, 1.807) is 0 Å². The van der Waals surface area contributed by atoms with E-state index >= 15 is 0 Å². The van der Waals surface area contributed by atoms with E-state index in [0.29, 0.717) is 11.4 Å². The summed E-state index contributed by atoms with van der Waals surface area (Å²) in [5, 5.41) is 5.45. The third kappa shape index (κ3) is 6.33. The largest absolute Gasteiger partial charge is 0.341 e. The topological polar surface area (TPSA) is 62.8 Å². The Morgan fingerprint density at radius 1 is 1.12 bits per heavy atom. The van der Waals surface area contributed by atoms with Crippen LogP contribution in [0.15, 0.2) is 54.6 Å². The van der Waals surface area contributed by atoms with Crippen LogP contribution in [-0.2, 0) is 16.0 Å². The molecule has 2 atom stereocenters. The normalized spacial score (nSPS) is 13.1. The van der Waals surface area contributed by atoms with Crippen molar-refractivity contribution >= 4 is 23.3 Å². The molecule has 0 aromatic heterocycles. The highest BCUT2D eigenvalue weighted by atomic mass is 35.5. The molecular formula is C20H24ClN2O2+. The summed E-state index contributed by atoms with van der Waals surface area (Å²) in [6.07, 6.45) is 0.506. The van der Waals surface area contributed by atoms with Gasteiger partial charge in [0.25, 0.3) is 5.91 Å². The lowest BCUT2D eigenvalue weighted by atomic mass is 10.0. The zero-order chi connectivity index (χ0) is 18.2. The highest BCUT2D eigenvalue weighted by Gasteiger charge is 2.19. The summed E-state index contributed by atoms with van der Waals surface area (Å²) in [6, 6.07) is 16.9. The quantitative estimate of drug-likeness (QED) is 0.759. The molecule has 0 radical (unpaired) electrons. The van der Waals surface area contributed by atoms with Crippen LogP contribution < -0.4 is 10.6 Å². The molecule has 4 nitrogen and oxygen atoms in total. The minimum atomic E-state index is -0.496. The first-order valence-corrected chi connectivity index (χ1v) is 8.76. The number of Topliss-reactive ketones (excluding diaryl/α,β-unsaturated/α-hetero) is 1. The molecular weight excluding hydrogens is 336 g/mol. The Kier molecular flexibility index (Phi) is 7.16. The minimum absolute atomic E-state index is 0.0416. The van der Waals surface area contributed by atoms with Gasteiger partial charge in [-0.2, -0.15) is 0 Å². The number of carbonyl (C=O) groups is 2. The van der Waals surface area contributed by atoms with Gasteiger partial charge in [0, 0.05) is 10.6 Å². The molecule has 0 saturated carbocycles. The fourth-order valence-corrected chi connectivity index (χ4v) is 2.81. The minimum Gasteiger partial charge on any atom is -0.341 e. The van der Waals surface area contributed by atoms with Gasteiger partial charge >= 0.3 is 0 Å². The van der Waals surface area contributed by atoms with Gasteiger partial charge in [-0.3, -0.25) is 9.59 Å². The summed E-state index contributed by atoms with van der Waals surface area (Å²) in [4.78, 5) is 24.1. The Morgan fingerprint density at radius 3 is 2.48 bits per heavy atom. The molecule has 0 bridgehead atoms. The number of benzene rings is 2. The SMILES string of the molecule is CC(=O)[C@@H](Cc1ccccc1)NC(=O)C[NH2+][C@H](C)c1cccc(Cl)c1. The molecule has 0 saturated heterocycles. The van der Waals surface area contributed by atoms with Crippen LogP contribution in [0.2, 0.25) is 5.02 Å². The third-order valence-electron chi connectivity index (χ3n) is 4.14. The lowest BCUT2D eigenvalue weighted by molar-refractivity contribution is -0.682. The van der Waals surface area contributed by atoms with Gasteiger partial charge in [-0.1, -0.05) is 54.1 Å². The molecule has 132 valence electrons. The monoisotopic (exact) mass is 359 g/mol. The number of ketones is 1. The van der Waals surface area contributed by atoms with Crippen molar-refractivity contribution in [2.75, 3.05) is 6.54 Å². The average molecular weight is 360 g/mol. The highest BCUT2D eigenvalue weighted by molar-refractivity contribution is 6.30. The summed E-state index contributed by atoms with van der Waals surface area (Å²) >= 11 is 6.00. The second-order valence-electron chi connectivity index (χ2n) is 6.20. The highest BCUT2D eigenvalue weighted by Crippen LogP contribution is 2.14. The van der Waals surface area contributed by atoms with E-state index in [-0.39, 0.29) is 24.3 Å². The van der Waals surface area contributed by atoms with E-state index < -0.39 is 6.04 Å². The number of amides is 1. The van der Waals surface area contributed by atoms with Gasteiger partial charge in [-0.25, -0.2) is 0 Å². The summed E-state index contributed by atoms with van der Waals surface area (Å²) in [5.74, 6) is -0.190. The van der Waals surface area contributed by atoms with Crippen LogP contribution in [0.1, 0.15) is 31.0 Å². The number of nitrogens with one attached hydrogen (secondary N) is 1. The average Bonchev–Trinajstić information content (AvgIpc) is 2.60. The molecule has 3 N–H and O–H groups in total. The van der Waals surface area contributed by atoms with E-state index in [0.717, 1.165) is 11.1 Å². The van der Waals surface area contributed by atoms with Crippen LogP contribution in [0.3, 0.4) is 0 Å². The number of halogens is 1. The molecule has 2 rings (SSSR count). The van der Waals surface area contributed by atoms with Crippen LogP contribution in [0, 0.1) is 0 Å². The number of hydrogen-bond donors (Lipinski definition) is 2. The molecule has 5 heteroatoms. The first-order valence-electron chi connectivity index (χ1n) is 8.38. The Morgan fingerprint density at radius 2 is 1.84 bits per heavy atom. The Hall–Kier alpha value is -2.17. The van der Waals surface area contributed by atoms with Crippen LogP contribution >= 0.6 is 11.6 Å². The number of hydrogen-bond acceptors (Lipinski definition) is 2. The summed E-state index contributed by atoms with van der Waals surface area (Å²) in [7, 11) is 0. The fourth-order valence-electron chi connectivity index (χ4n) is 2.61. The smallest absolute Gasteiger partial charge is 0.275 e. The molecule has 0 unspecified atom stereocenters. The molecule has 0 aliphatic carbocycles. The lowest BCUT2D eigenvalue weighted by Gasteiger charge is -2.17. The van der Waals surface area contributed by atoms with Crippen molar-refractivity contribution in [3.63, 3.8) is 0 Å². The van der Waals surface area contributed by atoms with E-state index in [2.05, 4.69) is 5.32 Å². The Labute approximate surface area is 153 Å². The lowest BCUT2D eigenvalue weighted by Crippen LogP contribution is -2.87. The van der Waals surface area contributed by atoms with Crippen molar-refractivity contribution in [1.29, 1.82) is 0 Å². The van der Waals surface area contributed by atoms with E-state index in [9.17, 15) is 9.59 Å². The first kappa shape index (κ1) is 19.2. The predicted octanol–water partition coefficient (Wildman–Crippen LogP) is 2.28. The molecule has 0 aliphatic heterocycles. The third-order valence-corrected chi connectivity index (χ3v) is 4.37. The van der Waals surface area contributed by atoms with Crippen molar-refractivity contribution in [3.8, 4) is 0 Å². The van der Waals surface area contributed by atoms with E-state index in [1.807, 2.05) is 66.8 Å². The maximum Gasteiger partial charge on any atom is 0.275 e. The number of carbonyl (C=O) groups excluding carboxylic acids is 2. The summed E-state index contributed by atoms with van der Waals surface area (Å²) in [6.45, 7) is 3.78. The fraction of sp³-hybridized carbons (Fsp3) is 0.300. The molecule has 0 spiro atoms. The molecule has 2 aromatic carbocycles. The zero-order valence-corrected chi connectivity index (χ0v) is 15.3. The van der Waals surface area contributed by atoms with Crippen LogP contribution in [0.25, 0.3) is 0 Å². The van der Waals surface area contributed by atoms with Gasteiger partial charge in [0.15, 0.2) is 12.3 Å². The summed E-state index contributed by atoms with van der Waals surface area (Å²) < 4.78 is 0. The second-order valence-corrected chi connectivity index (χ2v) is 6.64. The zero-order valence-electron chi connectivity index (χ0n) is 14.5. The summed E-state index contributed by atoms with van der Waals surface area (Å²) in [5.41, 5.74) is 2.09. The molecule has 0 fully saturated rings. The van der Waals surface area contributed by atoms with Crippen LogP contribution in [-0.4, -0.2) is 24.3 Å². The van der Waals surface area contributed by atoms with Crippen molar-refractivity contribution in [1.82, 2.24) is 5.32 Å². The first-order chi connectivity index (χ1) is 12.0. The van der Waals surface area contributed by atoms with Crippen molar-refractivity contribution < 1.29 is 14.9 Å². The number of quaternary nitrogens is 1. The second kappa shape index (κ2) is 9.35. The van der Waals surface area contributed by atoms with Gasteiger partial charge in [-0.05, 0) is 38.0 Å². The Bertz CT molecular complexity index is 719. The standard InChI is InChI=1S/C20H23ClN2O2/c1-14(17-9-6-10-18(21)12-17)22-13-20(25)23-19(15(2)24)11-16-7-4-3-5-8-16/h3-10,12,14,19,22H,11,13H2,1-2H3,(H,23,25)/p+1/t14-,19-/m1/s1. The van der Waals surface area contributed by atoms with Crippen LogP contribution in [0.4, 0.5) is 0 Å². The number of rotatable bonds is 8. The molecule has 1 amide bonds. The van der Waals surface area contributed by atoms with Crippen LogP contribution in [0.5, 0.6) is 0 Å².